The minimum absolute atomic E-state index is 0.548. The van der Waals surface area contributed by atoms with E-state index in [1.54, 1.807) is 5.51 Å². The number of thiazole rings is 1. The van der Waals surface area contributed by atoms with Crippen LogP contribution in [0.1, 0.15) is 0 Å². The number of H-pyrrole nitrogens is 2. The van der Waals surface area contributed by atoms with Crippen molar-refractivity contribution in [1.82, 2.24) is 15.0 Å². The smallest absolute Gasteiger partial charge is 0.176 e. The summed E-state index contributed by atoms with van der Waals surface area (Å²) in [5.74, 6) is 0. The van der Waals surface area contributed by atoms with E-state index in [2.05, 4.69) is 15.0 Å². The van der Waals surface area contributed by atoms with Crippen molar-refractivity contribution >= 4 is 46.1 Å². The van der Waals surface area contributed by atoms with Gasteiger partial charge in [0.2, 0.25) is 0 Å². The van der Waals surface area contributed by atoms with Crippen molar-refractivity contribution in [2.45, 2.75) is 0 Å². The Labute approximate surface area is 76.1 Å². The van der Waals surface area contributed by atoms with Crippen molar-refractivity contribution < 1.29 is 0 Å². The lowest BCUT2D eigenvalue weighted by molar-refractivity contribution is 1.17. The number of hydrogen-bond donors (Lipinski definition) is 2. The van der Waals surface area contributed by atoms with Crippen LogP contribution in [-0.2, 0) is 0 Å². The molecule has 2 N–H and O–H groups in total. The highest BCUT2D eigenvalue weighted by Crippen LogP contribution is 2.13. The van der Waals surface area contributed by atoms with Crippen molar-refractivity contribution in [2.75, 3.05) is 0 Å². The second kappa shape index (κ2) is 2.47. The molecule has 0 spiro atoms. The van der Waals surface area contributed by atoms with Gasteiger partial charge in [0.25, 0.3) is 0 Å². The normalized spacial score (nSPS) is 10.5. The van der Waals surface area contributed by atoms with Crippen LogP contribution in [0.5, 0.6) is 0 Å². The molecule has 0 aliphatic rings. The molecule has 0 atom stereocenters. The molecule has 0 radical (unpaired) electrons. The van der Waals surface area contributed by atoms with E-state index in [1.807, 2.05) is 0 Å². The number of nitrogens with one attached hydrogen (secondary N) is 2. The van der Waals surface area contributed by atoms with Crippen LogP contribution in [0.4, 0.5) is 0 Å². The van der Waals surface area contributed by atoms with Crippen LogP contribution in [-0.4, -0.2) is 15.0 Å². The molecular weight excluding hydrogens is 198 g/mol. The van der Waals surface area contributed by atoms with Gasteiger partial charge in [0.15, 0.2) is 4.77 Å². The summed E-state index contributed by atoms with van der Waals surface area (Å²) < 4.78 is 1.15. The zero-order valence-corrected chi connectivity index (χ0v) is 7.70. The first kappa shape index (κ1) is 7.08. The quantitative estimate of drug-likeness (QED) is 0.643. The molecule has 0 amide bonds. The van der Waals surface area contributed by atoms with Crippen molar-refractivity contribution in [1.29, 1.82) is 0 Å². The highest BCUT2D eigenvalue weighted by atomic mass is 32.1. The first-order chi connectivity index (χ1) is 5.27. The van der Waals surface area contributed by atoms with Crippen molar-refractivity contribution in [2.24, 2.45) is 0 Å². The van der Waals surface area contributed by atoms with E-state index in [0.717, 1.165) is 10.3 Å². The number of hydrogen-bond acceptors (Lipinski definition) is 4. The van der Waals surface area contributed by atoms with Gasteiger partial charge in [-0.15, -0.1) is 11.3 Å². The zero-order valence-electron chi connectivity index (χ0n) is 5.25. The van der Waals surface area contributed by atoms with Crippen LogP contribution in [0, 0.1) is 9.41 Å². The fraction of sp³-hybridized carbons (Fsp3) is 0. The van der Waals surface area contributed by atoms with Crippen LogP contribution in [0.3, 0.4) is 0 Å². The molecule has 0 fully saturated rings. The number of aromatic nitrogens is 3. The average molecular weight is 201 g/mol. The van der Waals surface area contributed by atoms with E-state index >= 15 is 0 Å². The second-order valence-electron chi connectivity index (χ2n) is 1.94. The van der Waals surface area contributed by atoms with Crippen LogP contribution >= 0.6 is 35.8 Å². The van der Waals surface area contributed by atoms with E-state index in [9.17, 15) is 0 Å². The molecule has 56 valence electrons. The number of aromatic amines is 2. The fourth-order valence-electron chi connectivity index (χ4n) is 0.793. The highest BCUT2D eigenvalue weighted by molar-refractivity contribution is 7.72. The molecule has 0 unspecified atom stereocenters. The Kier molecular flexibility index (Phi) is 1.59. The molecule has 2 rings (SSSR count). The highest BCUT2D eigenvalue weighted by Gasteiger charge is 1.96. The van der Waals surface area contributed by atoms with Crippen LogP contribution in [0.25, 0.3) is 10.3 Å². The van der Waals surface area contributed by atoms with Gasteiger partial charge in [-0.1, -0.05) is 12.2 Å². The van der Waals surface area contributed by atoms with Gasteiger partial charge >= 0.3 is 0 Å². The molecule has 0 aliphatic carbocycles. The van der Waals surface area contributed by atoms with Gasteiger partial charge in [-0.05, 0) is 12.2 Å². The summed E-state index contributed by atoms with van der Waals surface area (Å²) in [7, 11) is 0. The van der Waals surface area contributed by atoms with Gasteiger partial charge in [-0.3, -0.25) is 0 Å². The third-order valence-corrected chi connectivity index (χ3v) is 2.48. The Hall–Kier alpha value is -0.590. The summed E-state index contributed by atoms with van der Waals surface area (Å²) in [4.78, 5) is 10.8. The molecule has 2 heterocycles. The molecule has 0 aliphatic heterocycles. The minimum Gasteiger partial charge on any atom is -0.322 e. The maximum atomic E-state index is 5.00. The Bertz CT molecular complexity index is 491. The standard InChI is InChI=1S/C5H3N3S3/c9-3-2-4(11-1-6-2)8-5(10)7-3/h1H,(H2,7,8,9,10). The molecule has 6 heteroatoms. The second-order valence-corrected chi connectivity index (χ2v) is 3.61. The van der Waals surface area contributed by atoms with E-state index < -0.39 is 0 Å². The minimum atomic E-state index is 0.548. The summed E-state index contributed by atoms with van der Waals surface area (Å²) in [6, 6.07) is 0. The number of fused-ring (bicyclic) bond motifs is 1. The lowest BCUT2D eigenvalue weighted by atomic mass is 10.6. The van der Waals surface area contributed by atoms with Crippen molar-refractivity contribution in [3.05, 3.63) is 14.9 Å². The van der Waals surface area contributed by atoms with E-state index in [0.29, 0.717) is 9.41 Å². The summed E-state index contributed by atoms with van der Waals surface area (Å²) in [5, 5.41) is 0. The van der Waals surface area contributed by atoms with Gasteiger partial charge in [-0.2, -0.15) is 0 Å². The average Bonchev–Trinajstić information content (AvgIpc) is 2.34. The van der Waals surface area contributed by atoms with Gasteiger partial charge in [0.05, 0.1) is 5.51 Å². The number of nitrogens with zero attached hydrogens (tertiary/aromatic N) is 1. The first-order valence-electron chi connectivity index (χ1n) is 2.83. The summed E-state index contributed by atoms with van der Waals surface area (Å²) in [5.41, 5.74) is 2.53. The molecule has 2 aromatic heterocycles. The molecule has 0 bridgehead atoms. The van der Waals surface area contributed by atoms with E-state index in [1.165, 1.54) is 11.3 Å². The third-order valence-electron chi connectivity index (χ3n) is 1.24. The third kappa shape index (κ3) is 1.13. The summed E-state index contributed by atoms with van der Waals surface area (Å²) in [6.45, 7) is 0. The molecular formula is C5H3N3S3. The monoisotopic (exact) mass is 201 g/mol. The van der Waals surface area contributed by atoms with Crippen molar-refractivity contribution in [3.8, 4) is 0 Å². The van der Waals surface area contributed by atoms with Crippen molar-refractivity contribution in [3.63, 3.8) is 0 Å². The maximum absolute atomic E-state index is 5.00. The molecule has 3 nitrogen and oxygen atoms in total. The van der Waals surface area contributed by atoms with Crippen LogP contribution < -0.4 is 0 Å². The Morgan fingerprint density at radius 1 is 1.36 bits per heavy atom. The summed E-state index contributed by atoms with van der Waals surface area (Å²) >= 11 is 11.4. The first-order valence-corrected chi connectivity index (χ1v) is 4.53. The molecule has 2 aromatic rings. The molecule has 0 saturated heterocycles. The predicted molar refractivity (Wildman–Crippen MR) is 50.0 cm³/mol. The molecule has 0 saturated carbocycles. The predicted octanol–water partition coefficient (Wildman–Crippen LogP) is 2.41. The zero-order chi connectivity index (χ0) is 7.84. The molecule has 0 aromatic carbocycles. The largest absolute Gasteiger partial charge is 0.322 e. The lowest BCUT2D eigenvalue weighted by Crippen LogP contribution is -1.81. The van der Waals surface area contributed by atoms with Gasteiger partial charge in [0, 0.05) is 0 Å². The maximum Gasteiger partial charge on any atom is 0.176 e. The SMILES string of the molecule is S=c1[nH]c(=S)c2ncsc2[nH]1. The van der Waals surface area contributed by atoms with Gasteiger partial charge in [-0.25, -0.2) is 4.98 Å². The Morgan fingerprint density at radius 3 is 3.00 bits per heavy atom. The van der Waals surface area contributed by atoms with E-state index in [4.69, 9.17) is 24.4 Å². The number of rotatable bonds is 0. The molecule has 11 heavy (non-hydrogen) atoms. The van der Waals surface area contributed by atoms with Crippen LogP contribution in [0.2, 0.25) is 0 Å². The Morgan fingerprint density at radius 2 is 2.18 bits per heavy atom. The fourth-order valence-corrected chi connectivity index (χ4v) is 2.14. The topological polar surface area (TPSA) is 44.5 Å². The van der Waals surface area contributed by atoms with Gasteiger partial charge in [0.1, 0.15) is 15.0 Å². The van der Waals surface area contributed by atoms with E-state index in [-0.39, 0.29) is 0 Å². The Balaban J connectivity index is 3.15. The lowest BCUT2D eigenvalue weighted by Gasteiger charge is -1.87. The van der Waals surface area contributed by atoms with Gasteiger partial charge < -0.3 is 9.97 Å². The summed E-state index contributed by atoms with van der Waals surface area (Å²) in [6.07, 6.45) is 0. The van der Waals surface area contributed by atoms with Crippen LogP contribution in [0.15, 0.2) is 5.51 Å².